The van der Waals surface area contributed by atoms with Crippen LogP contribution in [-0.4, -0.2) is 39.2 Å². The largest absolute Gasteiger partial charge is 0.451 e. The van der Waals surface area contributed by atoms with Gasteiger partial charge in [-0.25, -0.2) is 14.8 Å². The van der Waals surface area contributed by atoms with Crippen LogP contribution in [0.4, 0.5) is 0 Å². The molecule has 1 aliphatic heterocycles. The van der Waals surface area contributed by atoms with Crippen LogP contribution >= 0.6 is 0 Å². The van der Waals surface area contributed by atoms with E-state index in [0.717, 1.165) is 41.7 Å². The van der Waals surface area contributed by atoms with E-state index in [-0.39, 0.29) is 23.6 Å². The molecule has 1 saturated carbocycles. The molecular weight excluding hydrogens is 440 g/mol. The van der Waals surface area contributed by atoms with E-state index in [1.165, 1.54) is 17.4 Å². The Bertz CT molecular complexity index is 1270. The number of aromatic nitrogens is 2. The summed E-state index contributed by atoms with van der Waals surface area (Å²) < 4.78 is 5.29. The van der Waals surface area contributed by atoms with Crippen LogP contribution in [0.5, 0.6) is 0 Å². The van der Waals surface area contributed by atoms with Crippen LogP contribution in [0.15, 0.2) is 83.7 Å². The number of aryl methyl sites for hydroxylation is 1. The summed E-state index contributed by atoms with van der Waals surface area (Å²) in [5.41, 5.74) is 4.98. The lowest BCUT2D eigenvalue weighted by atomic mass is 9.77. The fourth-order valence-corrected chi connectivity index (χ4v) is 4.71. The monoisotopic (exact) mass is 466 g/mol. The van der Waals surface area contributed by atoms with Crippen molar-refractivity contribution in [1.82, 2.24) is 15.0 Å². The molecule has 7 heteroatoms. The maximum absolute atomic E-state index is 13.3. The Balaban J connectivity index is 1.41. The Morgan fingerprint density at radius 3 is 2.49 bits per heavy atom. The number of fused-ring (bicyclic) bond motifs is 1. The first-order chi connectivity index (χ1) is 17.1. The van der Waals surface area contributed by atoms with Crippen LogP contribution in [0.2, 0.25) is 0 Å². The second-order valence-corrected chi connectivity index (χ2v) is 8.78. The highest BCUT2D eigenvalue weighted by atomic mass is 16.5. The van der Waals surface area contributed by atoms with Gasteiger partial charge in [-0.2, -0.15) is 5.10 Å². The number of hydrazone groups is 1. The zero-order valence-corrected chi connectivity index (χ0v) is 19.5. The van der Waals surface area contributed by atoms with Crippen LogP contribution in [0, 0.1) is 12.8 Å². The van der Waals surface area contributed by atoms with Crippen molar-refractivity contribution in [2.75, 3.05) is 6.61 Å². The third-order valence-electron chi connectivity index (χ3n) is 6.36. The van der Waals surface area contributed by atoms with Crippen molar-refractivity contribution in [3.63, 3.8) is 0 Å². The molecule has 3 aromatic rings. The molecule has 1 fully saturated rings. The number of ether oxygens (including phenoxy) is 1. The van der Waals surface area contributed by atoms with Crippen molar-refractivity contribution < 1.29 is 14.3 Å². The summed E-state index contributed by atoms with van der Waals surface area (Å²) in [6.07, 6.45) is 7.87. The minimum atomic E-state index is -0.684. The molecule has 2 atom stereocenters. The number of carbonyl (C=O) groups is 2. The van der Waals surface area contributed by atoms with E-state index in [9.17, 15) is 9.59 Å². The molecule has 7 nitrogen and oxygen atoms in total. The summed E-state index contributed by atoms with van der Waals surface area (Å²) >= 11 is 0. The number of carbonyl (C=O) groups excluding carboxylic acids is 2. The zero-order valence-electron chi connectivity index (χ0n) is 19.5. The van der Waals surface area contributed by atoms with E-state index < -0.39 is 12.6 Å². The summed E-state index contributed by atoms with van der Waals surface area (Å²) in [6, 6.07) is 19.8. The van der Waals surface area contributed by atoms with Crippen LogP contribution in [0.1, 0.15) is 52.6 Å². The van der Waals surface area contributed by atoms with Gasteiger partial charge in [0.05, 0.1) is 23.6 Å². The molecular formula is C28H26N4O3. The van der Waals surface area contributed by atoms with Gasteiger partial charge in [-0.05, 0) is 49.0 Å². The Morgan fingerprint density at radius 2 is 1.77 bits per heavy atom. The Hall–Kier alpha value is -4.13. The normalized spacial score (nSPS) is 20.3. The summed E-state index contributed by atoms with van der Waals surface area (Å²) in [4.78, 5) is 33.8. The molecule has 0 N–H and O–H groups in total. The second kappa shape index (κ2) is 10.0. The SMILES string of the molecule is Cc1cnc(C(=O)OCC(=O)N2N=C3/C(=C/c4ccccc4)CCCC3C2c2ccccc2)cn1. The number of nitrogens with zero attached hydrogens (tertiary/aromatic N) is 4. The van der Waals surface area contributed by atoms with Gasteiger partial charge in [0.2, 0.25) is 0 Å². The van der Waals surface area contributed by atoms with E-state index >= 15 is 0 Å². The first-order valence-corrected chi connectivity index (χ1v) is 11.8. The lowest BCUT2D eigenvalue weighted by Gasteiger charge is -2.29. The zero-order chi connectivity index (χ0) is 24.2. The molecule has 0 spiro atoms. The highest BCUT2D eigenvalue weighted by molar-refractivity contribution is 6.08. The molecule has 5 rings (SSSR count). The first-order valence-electron chi connectivity index (χ1n) is 11.8. The Morgan fingerprint density at radius 1 is 1.03 bits per heavy atom. The maximum Gasteiger partial charge on any atom is 0.359 e. The number of hydrogen-bond donors (Lipinski definition) is 0. The molecule has 1 aliphatic carbocycles. The molecule has 0 saturated heterocycles. The number of benzene rings is 2. The number of allylic oxidation sites excluding steroid dienone is 1. The Kier molecular flexibility index (Phi) is 6.48. The minimum absolute atomic E-state index is 0.0671. The van der Waals surface area contributed by atoms with Gasteiger partial charge < -0.3 is 4.74 Å². The van der Waals surface area contributed by atoms with E-state index in [1.54, 1.807) is 6.92 Å². The van der Waals surface area contributed by atoms with Crippen molar-refractivity contribution in [3.8, 4) is 0 Å². The minimum Gasteiger partial charge on any atom is -0.451 e. The average Bonchev–Trinajstić information content (AvgIpc) is 3.29. The molecule has 1 amide bonds. The third-order valence-corrected chi connectivity index (χ3v) is 6.36. The molecule has 2 aliphatic rings. The molecule has 35 heavy (non-hydrogen) atoms. The van der Waals surface area contributed by atoms with Gasteiger partial charge in [-0.15, -0.1) is 0 Å². The van der Waals surface area contributed by atoms with Crippen molar-refractivity contribution in [1.29, 1.82) is 0 Å². The molecule has 2 aromatic carbocycles. The lowest BCUT2D eigenvalue weighted by Crippen LogP contribution is -2.34. The predicted octanol–water partition coefficient (Wildman–Crippen LogP) is 4.77. The number of rotatable bonds is 5. The third kappa shape index (κ3) is 4.89. The van der Waals surface area contributed by atoms with Crippen molar-refractivity contribution in [2.24, 2.45) is 11.0 Å². The van der Waals surface area contributed by atoms with Gasteiger partial charge in [-0.1, -0.05) is 60.7 Å². The predicted molar refractivity (Wildman–Crippen MR) is 132 cm³/mol. The lowest BCUT2D eigenvalue weighted by molar-refractivity contribution is -0.137. The van der Waals surface area contributed by atoms with Gasteiger partial charge in [-0.3, -0.25) is 9.78 Å². The molecule has 2 heterocycles. The maximum atomic E-state index is 13.3. The second-order valence-electron chi connectivity index (χ2n) is 8.78. The molecule has 2 unspecified atom stereocenters. The van der Waals surface area contributed by atoms with Crippen LogP contribution in [0.25, 0.3) is 6.08 Å². The highest BCUT2D eigenvalue weighted by Gasteiger charge is 2.43. The fourth-order valence-electron chi connectivity index (χ4n) is 4.71. The quantitative estimate of drug-likeness (QED) is 0.506. The van der Waals surface area contributed by atoms with Crippen LogP contribution in [0.3, 0.4) is 0 Å². The molecule has 1 aromatic heterocycles. The summed E-state index contributed by atoms with van der Waals surface area (Å²) in [7, 11) is 0. The van der Waals surface area contributed by atoms with E-state index in [4.69, 9.17) is 9.84 Å². The molecule has 0 bridgehead atoms. The summed E-state index contributed by atoms with van der Waals surface area (Å²) in [5, 5.41) is 6.33. The highest BCUT2D eigenvalue weighted by Crippen LogP contribution is 2.44. The molecule has 176 valence electrons. The number of hydrogen-bond acceptors (Lipinski definition) is 6. The fraction of sp³-hybridized carbons (Fsp3) is 0.250. The van der Waals surface area contributed by atoms with Crippen LogP contribution < -0.4 is 0 Å². The van der Waals surface area contributed by atoms with Crippen molar-refractivity contribution in [2.45, 2.75) is 32.2 Å². The topological polar surface area (TPSA) is 84.8 Å². The summed E-state index contributed by atoms with van der Waals surface area (Å²) in [6.45, 7) is 1.36. The van der Waals surface area contributed by atoms with Gasteiger partial charge in [0.15, 0.2) is 12.3 Å². The van der Waals surface area contributed by atoms with Crippen molar-refractivity contribution in [3.05, 3.63) is 101 Å². The average molecular weight is 467 g/mol. The summed E-state index contributed by atoms with van der Waals surface area (Å²) in [5.74, 6) is -0.965. The van der Waals surface area contributed by atoms with Gasteiger partial charge >= 0.3 is 5.97 Å². The van der Waals surface area contributed by atoms with E-state index in [1.807, 2.05) is 48.5 Å². The van der Waals surface area contributed by atoms with E-state index in [0.29, 0.717) is 5.69 Å². The van der Waals surface area contributed by atoms with Crippen molar-refractivity contribution >= 4 is 23.7 Å². The Labute approximate surface area is 204 Å². The van der Waals surface area contributed by atoms with Crippen LogP contribution in [-0.2, 0) is 9.53 Å². The van der Waals surface area contributed by atoms with E-state index in [2.05, 4.69) is 28.2 Å². The standard InChI is InChI=1S/C28H26N4O3/c1-19-16-30-24(17-29-19)28(34)35-18-25(33)32-27(21-11-6-3-7-12-21)23-14-8-13-22(26(23)31-32)15-20-9-4-2-5-10-20/h2-7,9-12,15-17,23,27H,8,13-14,18H2,1H3/b22-15+. The number of esters is 1. The van der Waals surface area contributed by atoms with Gasteiger partial charge in [0.1, 0.15) is 0 Å². The van der Waals surface area contributed by atoms with Gasteiger partial charge in [0.25, 0.3) is 5.91 Å². The first kappa shape index (κ1) is 22.7. The smallest absolute Gasteiger partial charge is 0.359 e. The molecule has 0 radical (unpaired) electrons. The number of amides is 1. The van der Waals surface area contributed by atoms with Gasteiger partial charge in [0, 0.05) is 12.1 Å².